The summed E-state index contributed by atoms with van der Waals surface area (Å²) in [7, 11) is -1.78. The number of benzene rings is 1. The fraction of sp³-hybridized carbons (Fsp3) is 0.571. The lowest BCUT2D eigenvalue weighted by Gasteiger charge is -2.30. The monoisotopic (exact) mass is 283 g/mol. The second-order valence-corrected chi connectivity index (χ2v) is 7.18. The molecule has 4 nitrogen and oxygen atoms in total. The molecule has 0 N–H and O–H groups in total. The Bertz CT molecular complexity index is 554. The van der Waals surface area contributed by atoms with Crippen LogP contribution in [0, 0.1) is 12.8 Å². The SMILES string of the molecule is COc1ccc(S(=O)(=O)N2CCCC(C)C2)cc1C. The normalized spacial score (nSPS) is 21.3. The average Bonchev–Trinajstić information content (AvgIpc) is 2.38. The first-order valence-corrected chi connectivity index (χ1v) is 8.04. The van der Waals surface area contributed by atoms with Gasteiger partial charge in [-0.3, -0.25) is 0 Å². The van der Waals surface area contributed by atoms with Crippen LogP contribution >= 0.6 is 0 Å². The molecule has 1 aliphatic heterocycles. The quantitative estimate of drug-likeness (QED) is 0.856. The second-order valence-electron chi connectivity index (χ2n) is 5.24. The van der Waals surface area contributed by atoms with E-state index in [2.05, 4.69) is 6.92 Å². The van der Waals surface area contributed by atoms with E-state index < -0.39 is 10.0 Å². The first-order chi connectivity index (χ1) is 8.95. The Morgan fingerprint density at radius 3 is 2.68 bits per heavy atom. The van der Waals surface area contributed by atoms with Crippen LogP contribution in [0.1, 0.15) is 25.3 Å². The average molecular weight is 283 g/mol. The van der Waals surface area contributed by atoms with Crippen molar-refractivity contribution >= 4 is 10.0 Å². The lowest BCUT2D eigenvalue weighted by Crippen LogP contribution is -2.39. The van der Waals surface area contributed by atoms with Crippen LogP contribution in [-0.4, -0.2) is 32.9 Å². The van der Waals surface area contributed by atoms with Gasteiger partial charge in [-0.15, -0.1) is 0 Å². The number of hydrogen-bond donors (Lipinski definition) is 0. The molecule has 19 heavy (non-hydrogen) atoms. The van der Waals surface area contributed by atoms with Crippen LogP contribution in [0.5, 0.6) is 5.75 Å². The van der Waals surface area contributed by atoms with E-state index in [9.17, 15) is 8.42 Å². The smallest absolute Gasteiger partial charge is 0.243 e. The van der Waals surface area contributed by atoms with E-state index in [1.165, 1.54) is 0 Å². The third-order valence-corrected chi connectivity index (χ3v) is 5.48. The molecule has 1 heterocycles. The number of hydrogen-bond acceptors (Lipinski definition) is 3. The lowest BCUT2D eigenvalue weighted by atomic mass is 10.0. The minimum Gasteiger partial charge on any atom is -0.496 e. The molecule has 1 aromatic carbocycles. The molecular formula is C14H21NO3S. The van der Waals surface area contributed by atoms with Gasteiger partial charge in [0.2, 0.25) is 10.0 Å². The van der Waals surface area contributed by atoms with Gasteiger partial charge in [-0.1, -0.05) is 6.92 Å². The highest BCUT2D eigenvalue weighted by molar-refractivity contribution is 7.89. The summed E-state index contributed by atoms with van der Waals surface area (Å²) in [6.07, 6.45) is 2.04. The first kappa shape index (κ1) is 14.3. The zero-order valence-electron chi connectivity index (χ0n) is 11.7. The van der Waals surface area contributed by atoms with Crippen LogP contribution in [0.4, 0.5) is 0 Å². The summed E-state index contributed by atoms with van der Waals surface area (Å²) in [4.78, 5) is 0.361. The number of aryl methyl sites for hydroxylation is 1. The molecule has 5 heteroatoms. The van der Waals surface area contributed by atoms with Gasteiger partial charge in [-0.25, -0.2) is 8.42 Å². The molecule has 1 aromatic rings. The molecule has 2 rings (SSSR count). The zero-order chi connectivity index (χ0) is 14.0. The minimum absolute atomic E-state index is 0.361. The number of sulfonamides is 1. The Hall–Kier alpha value is -1.07. The van der Waals surface area contributed by atoms with Crippen molar-refractivity contribution in [2.24, 2.45) is 5.92 Å². The van der Waals surface area contributed by atoms with Crippen LogP contribution in [0.15, 0.2) is 23.1 Å². The van der Waals surface area contributed by atoms with E-state index in [0.29, 0.717) is 29.7 Å². The highest BCUT2D eigenvalue weighted by Crippen LogP contribution is 2.26. The zero-order valence-corrected chi connectivity index (χ0v) is 12.5. The number of nitrogens with zero attached hydrogens (tertiary/aromatic N) is 1. The fourth-order valence-corrected chi connectivity index (χ4v) is 4.21. The van der Waals surface area contributed by atoms with Crippen LogP contribution in [0.2, 0.25) is 0 Å². The van der Waals surface area contributed by atoms with Crippen molar-refractivity contribution in [3.63, 3.8) is 0 Å². The molecule has 0 amide bonds. The summed E-state index contributed by atoms with van der Waals surface area (Å²) < 4.78 is 31.9. The summed E-state index contributed by atoms with van der Waals surface area (Å²) >= 11 is 0. The highest BCUT2D eigenvalue weighted by Gasteiger charge is 2.28. The number of methoxy groups -OCH3 is 1. The Morgan fingerprint density at radius 1 is 1.37 bits per heavy atom. The van der Waals surface area contributed by atoms with E-state index in [1.54, 1.807) is 29.6 Å². The largest absolute Gasteiger partial charge is 0.496 e. The van der Waals surface area contributed by atoms with Crippen molar-refractivity contribution in [1.29, 1.82) is 0 Å². The van der Waals surface area contributed by atoms with Gasteiger partial charge in [0.15, 0.2) is 0 Å². The van der Waals surface area contributed by atoms with Gasteiger partial charge in [-0.05, 0) is 49.4 Å². The summed E-state index contributed by atoms with van der Waals surface area (Å²) in [6.45, 7) is 5.20. The van der Waals surface area contributed by atoms with Gasteiger partial charge in [0, 0.05) is 13.1 Å². The minimum atomic E-state index is -3.36. The maximum atomic E-state index is 12.6. The fourth-order valence-electron chi connectivity index (χ4n) is 2.53. The summed E-state index contributed by atoms with van der Waals surface area (Å²) in [6, 6.07) is 5.03. The van der Waals surface area contributed by atoms with Crippen molar-refractivity contribution < 1.29 is 13.2 Å². The molecule has 1 unspecified atom stereocenters. The number of ether oxygens (including phenoxy) is 1. The summed E-state index contributed by atoms with van der Waals surface area (Å²) in [5.74, 6) is 1.15. The molecule has 1 fully saturated rings. The second kappa shape index (κ2) is 5.51. The standard InChI is InChI=1S/C14H21NO3S/c1-11-5-4-8-15(10-11)19(16,17)13-6-7-14(18-3)12(2)9-13/h6-7,9,11H,4-5,8,10H2,1-3H3. The molecule has 0 spiro atoms. The molecule has 1 saturated heterocycles. The lowest BCUT2D eigenvalue weighted by molar-refractivity contribution is 0.281. The summed E-state index contributed by atoms with van der Waals surface area (Å²) in [5, 5.41) is 0. The van der Waals surface area contributed by atoms with E-state index in [0.717, 1.165) is 18.4 Å². The maximum Gasteiger partial charge on any atom is 0.243 e. The predicted octanol–water partition coefficient (Wildman–Crippen LogP) is 2.42. The van der Waals surface area contributed by atoms with Gasteiger partial charge in [0.1, 0.15) is 5.75 Å². The van der Waals surface area contributed by atoms with Gasteiger partial charge < -0.3 is 4.74 Å². The molecule has 0 saturated carbocycles. The van der Waals surface area contributed by atoms with Crippen molar-refractivity contribution in [2.45, 2.75) is 31.6 Å². The van der Waals surface area contributed by atoms with Gasteiger partial charge in [-0.2, -0.15) is 4.31 Å². The van der Waals surface area contributed by atoms with Gasteiger partial charge >= 0.3 is 0 Å². The number of rotatable bonds is 3. The Morgan fingerprint density at radius 2 is 2.11 bits per heavy atom. The van der Waals surface area contributed by atoms with Crippen LogP contribution in [0.25, 0.3) is 0 Å². The van der Waals surface area contributed by atoms with E-state index in [4.69, 9.17) is 4.74 Å². The molecule has 1 aliphatic rings. The predicted molar refractivity (Wildman–Crippen MR) is 74.9 cm³/mol. The number of piperidine rings is 1. The molecule has 0 aromatic heterocycles. The first-order valence-electron chi connectivity index (χ1n) is 6.60. The van der Waals surface area contributed by atoms with Crippen molar-refractivity contribution in [1.82, 2.24) is 4.31 Å². The van der Waals surface area contributed by atoms with Gasteiger partial charge in [0.25, 0.3) is 0 Å². The third-order valence-electron chi connectivity index (χ3n) is 3.62. The van der Waals surface area contributed by atoms with Gasteiger partial charge in [0.05, 0.1) is 12.0 Å². The molecule has 0 radical (unpaired) electrons. The van der Waals surface area contributed by atoms with Crippen molar-refractivity contribution in [3.8, 4) is 5.75 Å². The van der Waals surface area contributed by atoms with E-state index in [-0.39, 0.29) is 0 Å². The molecular weight excluding hydrogens is 262 g/mol. The Kier molecular flexibility index (Phi) is 4.16. The Balaban J connectivity index is 2.31. The molecule has 106 valence electrons. The van der Waals surface area contributed by atoms with E-state index >= 15 is 0 Å². The molecule has 0 bridgehead atoms. The van der Waals surface area contributed by atoms with Crippen LogP contribution < -0.4 is 4.74 Å². The van der Waals surface area contributed by atoms with Crippen LogP contribution in [0.3, 0.4) is 0 Å². The molecule has 1 atom stereocenters. The highest BCUT2D eigenvalue weighted by atomic mass is 32.2. The molecule has 0 aliphatic carbocycles. The van der Waals surface area contributed by atoms with E-state index in [1.807, 2.05) is 6.92 Å². The van der Waals surface area contributed by atoms with Crippen molar-refractivity contribution in [3.05, 3.63) is 23.8 Å². The topological polar surface area (TPSA) is 46.6 Å². The van der Waals surface area contributed by atoms with Crippen LogP contribution in [-0.2, 0) is 10.0 Å². The Labute approximate surface area is 115 Å². The maximum absolute atomic E-state index is 12.6. The third kappa shape index (κ3) is 2.92. The summed E-state index contributed by atoms with van der Waals surface area (Å²) in [5.41, 5.74) is 0.841. The van der Waals surface area contributed by atoms with Crippen molar-refractivity contribution in [2.75, 3.05) is 20.2 Å².